The van der Waals surface area contributed by atoms with E-state index in [4.69, 9.17) is 23.2 Å². The van der Waals surface area contributed by atoms with Gasteiger partial charge in [-0.05, 0) is 24.6 Å². The first-order valence-electron chi connectivity index (χ1n) is 5.40. The zero-order valence-electron chi connectivity index (χ0n) is 9.77. The lowest BCUT2D eigenvalue weighted by Crippen LogP contribution is -2.33. The first-order valence-corrected chi connectivity index (χ1v) is 6.15. The SMILES string of the molecule is CCCN(C=O)C(C(=O)O)c1cc(Cl)ccc1Cl. The Kier molecular flexibility index (Phi) is 5.44. The molecule has 0 heterocycles. The van der Waals surface area contributed by atoms with Gasteiger partial charge in [-0.2, -0.15) is 0 Å². The third-order valence-electron chi connectivity index (χ3n) is 2.44. The minimum absolute atomic E-state index is 0.273. The van der Waals surface area contributed by atoms with Crippen LogP contribution in [-0.2, 0) is 9.59 Å². The summed E-state index contributed by atoms with van der Waals surface area (Å²) in [4.78, 5) is 23.5. The molecule has 1 aromatic rings. The lowest BCUT2D eigenvalue weighted by atomic mass is 10.1. The molecule has 0 saturated carbocycles. The molecule has 1 amide bonds. The fourth-order valence-corrected chi connectivity index (χ4v) is 2.08. The second-order valence-corrected chi connectivity index (χ2v) is 4.59. The predicted molar refractivity (Wildman–Crippen MR) is 69.9 cm³/mol. The highest BCUT2D eigenvalue weighted by Gasteiger charge is 2.28. The number of aliphatic carboxylic acids is 1. The largest absolute Gasteiger partial charge is 0.479 e. The molecule has 0 bridgehead atoms. The second kappa shape index (κ2) is 6.61. The summed E-state index contributed by atoms with van der Waals surface area (Å²) >= 11 is 11.8. The van der Waals surface area contributed by atoms with Crippen molar-refractivity contribution in [2.75, 3.05) is 6.54 Å². The van der Waals surface area contributed by atoms with Crippen molar-refractivity contribution in [1.29, 1.82) is 0 Å². The minimum Gasteiger partial charge on any atom is -0.479 e. The summed E-state index contributed by atoms with van der Waals surface area (Å²) in [5.41, 5.74) is 0.317. The van der Waals surface area contributed by atoms with Crippen LogP contribution in [0.5, 0.6) is 0 Å². The normalized spacial score (nSPS) is 11.9. The number of nitrogens with zero attached hydrogens (tertiary/aromatic N) is 1. The van der Waals surface area contributed by atoms with Crippen molar-refractivity contribution in [3.63, 3.8) is 0 Å². The van der Waals surface area contributed by atoms with Crippen LogP contribution < -0.4 is 0 Å². The number of hydrogen-bond donors (Lipinski definition) is 1. The molecule has 0 fully saturated rings. The van der Waals surface area contributed by atoms with Gasteiger partial charge in [0.05, 0.1) is 0 Å². The van der Waals surface area contributed by atoms with Crippen LogP contribution in [0.15, 0.2) is 18.2 Å². The van der Waals surface area contributed by atoms with E-state index >= 15 is 0 Å². The van der Waals surface area contributed by atoms with Crippen molar-refractivity contribution >= 4 is 35.6 Å². The van der Waals surface area contributed by atoms with Gasteiger partial charge in [-0.15, -0.1) is 0 Å². The quantitative estimate of drug-likeness (QED) is 0.819. The third kappa shape index (κ3) is 3.37. The van der Waals surface area contributed by atoms with Crippen molar-refractivity contribution < 1.29 is 14.7 Å². The van der Waals surface area contributed by atoms with Crippen LogP contribution in [0.3, 0.4) is 0 Å². The maximum atomic E-state index is 11.3. The van der Waals surface area contributed by atoms with Crippen molar-refractivity contribution in [2.45, 2.75) is 19.4 Å². The molecule has 0 saturated heterocycles. The number of carbonyl (C=O) groups excluding carboxylic acids is 1. The highest BCUT2D eigenvalue weighted by atomic mass is 35.5. The molecule has 0 aromatic heterocycles. The molecule has 4 nitrogen and oxygen atoms in total. The van der Waals surface area contributed by atoms with Gasteiger partial charge in [0.2, 0.25) is 6.41 Å². The van der Waals surface area contributed by atoms with Gasteiger partial charge in [0, 0.05) is 22.2 Å². The molecule has 1 aromatic carbocycles. The van der Waals surface area contributed by atoms with Crippen LogP contribution in [0.25, 0.3) is 0 Å². The van der Waals surface area contributed by atoms with E-state index in [9.17, 15) is 14.7 Å². The summed E-state index contributed by atoms with van der Waals surface area (Å²) in [6.07, 6.45) is 1.17. The van der Waals surface area contributed by atoms with Gasteiger partial charge in [0.1, 0.15) is 0 Å². The maximum absolute atomic E-state index is 11.3. The van der Waals surface area contributed by atoms with Crippen molar-refractivity contribution in [1.82, 2.24) is 4.90 Å². The molecule has 1 N–H and O–H groups in total. The molecule has 0 aliphatic carbocycles. The first kappa shape index (κ1) is 14.8. The minimum atomic E-state index is -1.14. The number of amides is 1. The number of benzene rings is 1. The number of hydrogen-bond acceptors (Lipinski definition) is 2. The fourth-order valence-electron chi connectivity index (χ4n) is 1.68. The van der Waals surface area contributed by atoms with Gasteiger partial charge < -0.3 is 10.0 Å². The number of carboxylic acid groups (broad SMARTS) is 1. The lowest BCUT2D eigenvalue weighted by Gasteiger charge is -2.25. The van der Waals surface area contributed by atoms with E-state index < -0.39 is 12.0 Å². The molecular weight excluding hydrogens is 277 g/mol. The van der Waals surface area contributed by atoms with Gasteiger partial charge >= 0.3 is 5.97 Å². The molecule has 0 spiro atoms. The Morgan fingerprint density at radius 2 is 2.17 bits per heavy atom. The van der Waals surface area contributed by atoms with Gasteiger partial charge in [0.25, 0.3) is 0 Å². The number of carbonyl (C=O) groups is 2. The van der Waals surface area contributed by atoms with E-state index in [-0.39, 0.29) is 5.02 Å². The van der Waals surface area contributed by atoms with Gasteiger partial charge in [-0.25, -0.2) is 4.79 Å². The molecule has 18 heavy (non-hydrogen) atoms. The average Bonchev–Trinajstić information content (AvgIpc) is 2.32. The van der Waals surface area contributed by atoms with Crippen molar-refractivity contribution in [2.24, 2.45) is 0 Å². The molecule has 6 heteroatoms. The second-order valence-electron chi connectivity index (χ2n) is 3.75. The summed E-state index contributed by atoms with van der Waals surface area (Å²) in [6, 6.07) is 3.43. The number of halogens is 2. The molecule has 1 rings (SSSR count). The van der Waals surface area contributed by atoms with Crippen molar-refractivity contribution in [3.8, 4) is 0 Å². The Hall–Kier alpha value is -1.26. The summed E-state index contributed by atoms with van der Waals surface area (Å²) in [5, 5.41) is 9.92. The Labute approximate surface area is 115 Å². The lowest BCUT2D eigenvalue weighted by molar-refractivity contribution is -0.146. The predicted octanol–water partition coefficient (Wildman–Crippen LogP) is 2.99. The van der Waals surface area contributed by atoms with E-state index in [0.29, 0.717) is 30.0 Å². The summed E-state index contributed by atoms with van der Waals surface area (Å²) in [6.45, 7) is 2.19. The number of carboxylic acids is 1. The highest BCUT2D eigenvalue weighted by molar-refractivity contribution is 6.33. The Bertz CT molecular complexity index is 451. The van der Waals surface area contributed by atoms with E-state index in [1.807, 2.05) is 6.92 Å². The topological polar surface area (TPSA) is 57.6 Å². The Morgan fingerprint density at radius 1 is 1.50 bits per heavy atom. The van der Waals surface area contributed by atoms with Crippen LogP contribution in [-0.4, -0.2) is 28.9 Å². The molecule has 0 aliphatic heterocycles. The zero-order valence-corrected chi connectivity index (χ0v) is 11.3. The van der Waals surface area contributed by atoms with E-state index in [1.165, 1.54) is 17.0 Å². The standard InChI is InChI=1S/C12H13Cl2NO3/c1-2-5-15(7-16)11(12(17)18)9-6-8(13)3-4-10(9)14/h3-4,6-7,11H,2,5H2,1H3,(H,17,18). The summed E-state index contributed by atoms with van der Waals surface area (Å²) in [5.74, 6) is -1.14. The first-order chi connectivity index (χ1) is 8.51. The van der Waals surface area contributed by atoms with Gasteiger partial charge in [-0.3, -0.25) is 4.79 Å². The molecule has 0 radical (unpaired) electrons. The maximum Gasteiger partial charge on any atom is 0.331 e. The molecular formula is C12H13Cl2NO3. The van der Waals surface area contributed by atoms with Gasteiger partial charge in [-0.1, -0.05) is 30.1 Å². The van der Waals surface area contributed by atoms with Crippen molar-refractivity contribution in [3.05, 3.63) is 33.8 Å². The van der Waals surface area contributed by atoms with Crippen LogP contribution in [0, 0.1) is 0 Å². The average molecular weight is 290 g/mol. The summed E-state index contributed by atoms with van der Waals surface area (Å²) in [7, 11) is 0. The molecule has 1 unspecified atom stereocenters. The molecule has 0 aliphatic rings. The van der Waals surface area contributed by atoms with Crippen LogP contribution in [0.1, 0.15) is 24.9 Å². The Morgan fingerprint density at radius 3 is 2.67 bits per heavy atom. The summed E-state index contributed by atoms with van der Waals surface area (Å²) < 4.78 is 0. The Balaban J connectivity index is 3.22. The van der Waals surface area contributed by atoms with E-state index in [2.05, 4.69) is 0 Å². The monoisotopic (exact) mass is 289 g/mol. The fraction of sp³-hybridized carbons (Fsp3) is 0.333. The molecule has 98 valence electrons. The third-order valence-corrected chi connectivity index (χ3v) is 3.01. The van der Waals surface area contributed by atoms with Crippen LogP contribution >= 0.6 is 23.2 Å². The van der Waals surface area contributed by atoms with E-state index in [0.717, 1.165) is 0 Å². The van der Waals surface area contributed by atoms with Crippen LogP contribution in [0.4, 0.5) is 0 Å². The smallest absolute Gasteiger partial charge is 0.331 e. The van der Waals surface area contributed by atoms with Gasteiger partial charge in [0.15, 0.2) is 6.04 Å². The number of rotatable bonds is 6. The van der Waals surface area contributed by atoms with Crippen LogP contribution in [0.2, 0.25) is 10.0 Å². The molecule has 1 atom stereocenters. The van der Waals surface area contributed by atoms with E-state index in [1.54, 1.807) is 6.07 Å². The highest BCUT2D eigenvalue weighted by Crippen LogP contribution is 2.30. The zero-order chi connectivity index (χ0) is 13.7.